The molecule has 5 nitrogen and oxygen atoms in total. The minimum atomic E-state index is -0.914. The lowest BCUT2D eigenvalue weighted by atomic mass is 9.73. The molecule has 1 saturated carbocycles. The number of carbonyl (C=O) groups is 1. The second-order valence-corrected chi connectivity index (χ2v) is 6.89. The van der Waals surface area contributed by atoms with E-state index in [0.29, 0.717) is 31.4 Å². The molecular weight excluding hydrogens is 318 g/mol. The molecule has 2 aromatic rings. The predicted molar refractivity (Wildman–Crippen MR) is 96.0 cm³/mol. The third-order valence-corrected chi connectivity index (χ3v) is 5.03. The number of fused-ring (bicyclic) bond motifs is 1. The van der Waals surface area contributed by atoms with Crippen molar-refractivity contribution in [2.75, 3.05) is 0 Å². The summed E-state index contributed by atoms with van der Waals surface area (Å²) in [5, 5.41) is 29.9. The first kappa shape index (κ1) is 17.6. The Balaban J connectivity index is 1.90. The molecule has 5 heteroatoms. The number of pyridine rings is 1. The van der Waals surface area contributed by atoms with Crippen LogP contribution in [0.1, 0.15) is 50.0 Å². The number of aliphatic hydroxyl groups is 2. The fraction of sp³-hybridized carbons (Fsp3) is 0.400. The Bertz CT molecular complexity index is 804. The van der Waals surface area contributed by atoms with Crippen LogP contribution in [0.2, 0.25) is 0 Å². The Morgan fingerprint density at radius 2 is 1.96 bits per heavy atom. The molecule has 1 aliphatic carbocycles. The number of benzene rings is 1. The second-order valence-electron chi connectivity index (χ2n) is 6.89. The average Bonchev–Trinajstić information content (AvgIpc) is 2.60. The van der Waals surface area contributed by atoms with Crippen LogP contribution < -0.4 is 0 Å². The number of hydrogen-bond donors (Lipinski definition) is 3. The maximum absolute atomic E-state index is 11.8. The SMILES string of the molecule is C[C@@H](O)c1ccc2ccc(/C=C/[C@]3(C(=O)O)CC[C@H](O)CC3)cc2n1. The van der Waals surface area contributed by atoms with E-state index < -0.39 is 23.6 Å². The van der Waals surface area contributed by atoms with Gasteiger partial charge in [-0.2, -0.15) is 0 Å². The van der Waals surface area contributed by atoms with Gasteiger partial charge in [-0.3, -0.25) is 9.78 Å². The first-order valence-electron chi connectivity index (χ1n) is 8.59. The van der Waals surface area contributed by atoms with Crippen molar-refractivity contribution in [3.63, 3.8) is 0 Å². The number of nitrogens with zero attached hydrogens (tertiary/aromatic N) is 1. The smallest absolute Gasteiger partial charge is 0.313 e. The molecule has 0 bridgehead atoms. The highest BCUT2D eigenvalue weighted by molar-refractivity contribution is 5.82. The van der Waals surface area contributed by atoms with E-state index in [1.165, 1.54) is 0 Å². The lowest BCUT2D eigenvalue weighted by Gasteiger charge is -2.32. The molecule has 0 spiro atoms. The van der Waals surface area contributed by atoms with Gasteiger partial charge in [-0.1, -0.05) is 30.4 Å². The zero-order chi connectivity index (χ0) is 18.0. The summed E-state index contributed by atoms with van der Waals surface area (Å²) in [6.07, 6.45) is 4.44. The Labute approximate surface area is 146 Å². The highest BCUT2D eigenvalue weighted by Gasteiger charge is 2.39. The predicted octanol–water partition coefficient (Wildman–Crippen LogP) is 3.31. The van der Waals surface area contributed by atoms with Crippen molar-refractivity contribution in [1.82, 2.24) is 4.98 Å². The number of aliphatic hydroxyl groups excluding tert-OH is 2. The highest BCUT2D eigenvalue weighted by Crippen LogP contribution is 2.38. The van der Waals surface area contributed by atoms with Gasteiger partial charge in [0.2, 0.25) is 0 Å². The molecule has 25 heavy (non-hydrogen) atoms. The zero-order valence-corrected chi connectivity index (χ0v) is 14.2. The third kappa shape index (κ3) is 3.72. The molecule has 3 N–H and O–H groups in total. The standard InChI is InChI=1S/C20H23NO4/c1-13(22)17-5-4-15-3-2-14(12-18(15)21-17)6-9-20(19(24)25)10-7-16(23)8-11-20/h2-6,9,12-13,16,22-23H,7-8,10-11H2,1H3,(H,24,25)/b9-6+/t13-,16-,20-/m1/s1. The molecule has 1 atom stereocenters. The van der Waals surface area contributed by atoms with Gasteiger partial charge in [0.05, 0.1) is 28.8 Å². The van der Waals surface area contributed by atoms with Crippen molar-refractivity contribution in [2.45, 2.75) is 44.8 Å². The molecule has 0 aliphatic heterocycles. The van der Waals surface area contributed by atoms with Crippen molar-refractivity contribution in [2.24, 2.45) is 5.41 Å². The molecule has 0 radical (unpaired) electrons. The lowest BCUT2D eigenvalue weighted by molar-refractivity contribution is -0.148. The summed E-state index contributed by atoms with van der Waals surface area (Å²) in [5.41, 5.74) is 1.33. The summed E-state index contributed by atoms with van der Waals surface area (Å²) < 4.78 is 0. The number of carboxylic acids is 1. The van der Waals surface area contributed by atoms with Gasteiger partial charge in [-0.25, -0.2) is 0 Å². The van der Waals surface area contributed by atoms with E-state index in [0.717, 1.165) is 16.5 Å². The average molecular weight is 341 g/mol. The normalized spacial score (nSPS) is 25.3. The first-order chi connectivity index (χ1) is 11.9. The van der Waals surface area contributed by atoms with Crippen LogP contribution in [0.15, 0.2) is 36.4 Å². The van der Waals surface area contributed by atoms with E-state index >= 15 is 0 Å². The van der Waals surface area contributed by atoms with Gasteiger partial charge in [0.25, 0.3) is 0 Å². The van der Waals surface area contributed by atoms with Crippen LogP contribution >= 0.6 is 0 Å². The summed E-state index contributed by atoms with van der Waals surface area (Å²) in [6, 6.07) is 9.47. The molecule has 1 heterocycles. The van der Waals surface area contributed by atoms with Gasteiger partial charge in [0, 0.05) is 5.39 Å². The summed E-state index contributed by atoms with van der Waals surface area (Å²) in [5.74, 6) is -0.842. The number of rotatable bonds is 4. The molecular formula is C20H23NO4. The Morgan fingerprint density at radius 1 is 1.28 bits per heavy atom. The van der Waals surface area contributed by atoms with Crippen molar-refractivity contribution in [3.05, 3.63) is 47.7 Å². The van der Waals surface area contributed by atoms with Gasteiger partial charge in [0.1, 0.15) is 0 Å². The molecule has 1 aromatic carbocycles. The van der Waals surface area contributed by atoms with E-state index in [1.54, 1.807) is 19.1 Å². The van der Waals surface area contributed by atoms with Gasteiger partial charge in [0.15, 0.2) is 0 Å². The van der Waals surface area contributed by atoms with E-state index in [9.17, 15) is 20.1 Å². The van der Waals surface area contributed by atoms with Crippen molar-refractivity contribution >= 4 is 22.9 Å². The van der Waals surface area contributed by atoms with Crippen molar-refractivity contribution in [1.29, 1.82) is 0 Å². The topological polar surface area (TPSA) is 90.7 Å². The van der Waals surface area contributed by atoms with Crippen LogP contribution in [0.25, 0.3) is 17.0 Å². The van der Waals surface area contributed by atoms with Crippen LogP contribution in [-0.2, 0) is 4.79 Å². The molecule has 0 amide bonds. The minimum Gasteiger partial charge on any atom is -0.481 e. The monoisotopic (exact) mass is 341 g/mol. The highest BCUT2D eigenvalue weighted by atomic mass is 16.4. The van der Waals surface area contributed by atoms with Crippen LogP contribution in [-0.4, -0.2) is 32.4 Å². The molecule has 0 unspecified atom stereocenters. The van der Waals surface area contributed by atoms with Crippen LogP contribution in [0.3, 0.4) is 0 Å². The Kier molecular flexibility index (Phi) is 4.88. The van der Waals surface area contributed by atoms with E-state index in [-0.39, 0.29) is 0 Å². The molecule has 1 aromatic heterocycles. The quantitative estimate of drug-likeness (QED) is 0.794. The molecule has 1 aliphatic rings. The second kappa shape index (κ2) is 6.94. The van der Waals surface area contributed by atoms with Crippen LogP contribution in [0.4, 0.5) is 0 Å². The fourth-order valence-corrected chi connectivity index (χ4v) is 3.31. The van der Waals surface area contributed by atoms with Gasteiger partial charge in [-0.05, 0) is 50.3 Å². The summed E-state index contributed by atoms with van der Waals surface area (Å²) >= 11 is 0. The molecule has 0 saturated heterocycles. The van der Waals surface area contributed by atoms with Crippen molar-refractivity contribution < 1.29 is 20.1 Å². The minimum absolute atomic E-state index is 0.398. The third-order valence-electron chi connectivity index (χ3n) is 5.03. The maximum Gasteiger partial charge on any atom is 0.313 e. The first-order valence-corrected chi connectivity index (χ1v) is 8.59. The largest absolute Gasteiger partial charge is 0.481 e. The van der Waals surface area contributed by atoms with Gasteiger partial charge < -0.3 is 15.3 Å². The summed E-state index contributed by atoms with van der Waals surface area (Å²) in [6.45, 7) is 1.67. The van der Waals surface area contributed by atoms with Gasteiger partial charge >= 0.3 is 5.97 Å². The molecule has 1 fully saturated rings. The zero-order valence-electron chi connectivity index (χ0n) is 14.2. The molecule has 3 rings (SSSR count). The van der Waals surface area contributed by atoms with E-state index in [4.69, 9.17) is 0 Å². The summed E-state index contributed by atoms with van der Waals surface area (Å²) in [7, 11) is 0. The Hall–Kier alpha value is -2.24. The number of aromatic nitrogens is 1. The van der Waals surface area contributed by atoms with Gasteiger partial charge in [-0.15, -0.1) is 0 Å². The number of aliphatic carboxylic acids is 1. The maximum atomic E-state index is 11.8. The fourth-order valence-electron chi connectivity index (χ4n) is 3.31. The van der Waals surface area contributed by atoms with Crippen LogP contribution in [0.5, 0.6) is 0 Å². The lowest BCUT2D eigenvalue weighted by Crippen LogP contribution is -2.35. The van der Waals surface area contributed by atoms with Crippen LogP contribution in [0, 0.1) is 5.41 Å². The number of hydrogen-bond acceptors (Lipinski definition) is 4. The van der Waals surface area contributed by atoms with E-state index in [1.807, 2.05) is 30.3 Å². The Morgan fingerprint density at radius 3 is 2.60 bits per heavy atom. The summed E-state index contributed by atoms with van der Waals surface area (Å²) in [4.78, 5) is 16.2. The number of carboxylic acid groups (broad SMARTS) is 1. The van der Waals surface area contributed by atoms with E-state index in [2.05, 4.69) is 4.98 Å². The van der Waals surface area contributed by atoms with Crippen molar-refractivity contribution in [3.8, 4) is 0 Å². The molecule has 132 valence electrons.